The molecule has 2 aliphatic rings. The lowest BCUT2D eigenvalue weighted by molar-refractivity contribution is 0.0300. The van der Waals surface area contributed by atoms with Crippen molar-refractivity contribution < 1.29 is 9.53 Å². The number of aromatic nitrogens is 2. The average molecular weight is 314 g/mol. The second kappa shape index (κ2) is 5.94. The molecule has 0 N–H and O–H groups in total. The predicted molar refractivity (Wildman–Crippen MR) is 86.5 cm³/mol. The van der Waals surface area contributed by atoms with E-state index in [1.54, 1.807) is 0 Å². The van der Waals surface area contributed by atoms with E-state index in [0.29, 0.717) is 32.0 Å². The van der Waals surface area contributed by atoms with Crippen LogP contribution < -0.4 is 0 Å². The smallest absolute Gasteiger partial charge is 0.274 e. The van der Waals surface area contributed by atoms with E-state index in [-0.39, 0.29) is 11.9 Å². The van der Waals surface area contributed by atoms with E-state index in [4.69, 9.17) is 9.72 Å². The third-order valence-electron chi connectivity index (χ3n) is 4.90. The Morgan fingerprint density at radius 1 is 1.26 bits per heavy atom. The summed E-state index contributed by atoms with van der Waals surface area (Å²) in [6, 6.07) is 6.24. The minimum absolute atomic E-state index is 0.0175. The first-order valence-corrected chi connectivity index (χ1v) is 8.30. The number of rotatable bonds is 2. The van der Waals surface area contributed by atoms with Crippen molar-refractivity contribution >= 4 is 11.4 Å². The molecule has 2 aromatic rings. The second-order valence-electron chi connectivity index (χ2n) is 6.32. The summed E-state index contributed by atoms with van der Waals surface area (Å²) >= 11 is 0. The van der Waals surface area contributed by atoms with Gasteiger partial charge in [0.05, 0.1) is 24.8 Å². The number of hydrogen-bond acceptors (Lipinski definition) is 4. The Morgan fingerprint density at radius 2 is 2.09 bits per heavy atom. The standard InChI is InChI=1S/C17H22N4O2/c1-19-7-4-6-14(19)16-18-15(13-5-2-3-8-21(13)16)17(22)20-9-11-23-12-10-20/h2-3,5,8,14H,4,6-7,9-12H2,1H3/t14-/m0/s1. The molecule has 1 atom stereocenters. The van der Waals surface area contributed by atoms with Gasteiger partial charge in [0, 0.05) is 19.3 Å². The van der Waals surface area contributed by atoms with Crippen LogP contribution in [0.4, 0.5) is 0 Å². The molecule has 2 aliphatic heterocycles. The number of carbonyl (C=O) groups excluding carboxylic acids is 1. The zero-order chi connectivity index (χ0) is 15.8. The fourth-order valence-corrected chi connectivity index (χ4v) is 3.61. The molecule has 6 heteroatoms. The van der Waals surface area contributed by atoms with Crippen molar-refractivity contribution in [2.75, 3.05) is 39.9 Å². The summed E-state index contributed by atoms with van der Waals surface area (Å²) in [6.07, 6.45) is 4.28. The zero-order valence-electron chi connectivity index (χ0n) is 13.4. The molecule has 1 amide bonds. The highest BCUT2D eigenvalue weighted by atomic mass is 16.5. The fraction of sp³-hybridized carbons (Fsp3) is 0.529. The highest BCUT2D eigenvalue weighted by molar-refractivity contribution is 5.99. The maximum absolute atomic E-state index is 12.9. The molecule has 2 fully saturated rings. The van der Waals surface area contributed by atoms with Gasteiger partial charge in [0.2, 0.25) is 0 Å². The van der Waals surface area contributed by atoms with Crippen LogP contribution in [-0.2, 0) is 4.74 Å². The van der Waals surface area contributed by atoms with Gasteiger partial charge in [0.1, 0.15) is 5.82 Å². The maximum atomic E-state index is 12.9. The predicted octanol–water partition coefficient (Wildman–Crippen LogP) is 1.57. The van der Waals surface area contributed by atoms with Gasteiger partial charge in [-0.1, -0.05) is 6.07 Å². The monoisotopic (exact) mass is 314 g/mol. The molecule has 6 nitrogen and oxygen atoms in total. The van der Waals surface area contributed by atoms with E-state index >= 15 is 0 Å². The Morgan fingerprint density at radius 3 is 2.83 bits per heavy atom. The average Bonchev–Trinajstić information content (AvgIpc) is 3.18. The largest absolute Gasteiger partial charge is 0.378 e. The summed E-state index contributed by atoms with van der Waals surface area (Å²) in [5.41, 5.74) is 1.47. The van der Waals surface area contributed by atoms with Crippen LogP contribution in [0, 0.1) is 0 Å². The third kappa shape index (κ3) is 2.52. The van der Waals surface area contributed by atoms with Gasteiger partial charge < -0.3 is 14.0 Å². The molecule has 2 saturated heterocycles. The number of nitrogens with zero attached hydrogens (tertiary/aromatic N) is 4. The minimum atomic E-state index is 0.0175. The molecule has 0 bridgehead atoms. The van der Waals surface area contributed by atoms with Crippen LogP contribution in [-0.4, -0.2) is 65.0 Å². The van der Waals surface area contributed by atoms with Gasteiger partial charge in [-0.05, 0) is 38.6 Å². The molecule has 4 rings (SSSR count). The number of hydrogen-bond donors (Lipinski definition) is 0. The SMILES string of the molecule is CN1CCC[C@H]1c1nc(C(=O)N2CCOCC2)c2ccccn12. The number of fused-ring (bicyclic) bond motifs is 1. The maximum Gasteiger partial charge on any atom is 0.274 e. The Labute approximate surface area is 135 Å². The van der Waals surface area contributed by atoms with Crippen molar-refractivity contribution in [2.45, 2.75) is 18.9 Å². The Hall–Kier alpha value is -1.92. The van der Waals surface area contributed by atoms with Crippen LogP contribution in [0.5, 0.6) is 0 Å². The molecule has 23 heavy (non-hydrogen) atoms. The van der Waals surface area contributed by atoms with Crippen molar-refractivity contribution in [3.8, 4) is 0 Å². The van der Waals surface area contributed by atoms with Crippen molar-refractivity contribution in [1.82, 2.24) is 19.2 Å². The fourth-order valence-electron chi connectivity index (χ4n) is 3.61. The summed E-state index contributed by atoms with van der Waals surface area (Å²) in [7, 11) is 2.13. The number of carbonyl (C=O) groups is 1. The molecular formula is C17H22N4O2. The number of pyridine rings is 1. The summed E-state index contributed by atoms with van der Waals surface area (Å²) in [6.45, 7) is 3.58. The lowest BCUT2D eigenvalue weighted by Crippen LogP contribution is -2.40. The van der Waals surface area contributed by atoms with Crippen molar-refractivity contribution in [1.29, 1.82) is 0 Å². The van der Waals surface area contributed by atoms with Crippen LogP contribution in [0.3, 0.4) is 0 Å². The molecule has 0 radical (unpaired) electrons. The summed E-state index contributed by atoms with van der Waals surface area (Å²) in [4.78, 5) is 21.9. The number of imidazole rings is 1. The zero-order valence-corrected chi connectivity index (χ0v) is 13.4. The molecule has 0 aliphatic carbocycles. The van der Waals surface area contributed by atoms with E-state index in [0.717, 1.165) is 24.3 Å². The normalized spacial score (nSPS) is 22.8. The van der Waals surface area contributed by atoms with Crippen molar-refractivity contribution in [3.05, 3.63) is 35.9 Å². The Bertz CT molecular complexity index is 720. The highest BCUT2D eigenvalue weighted by Crippen LogP contribution is 2.31. The first kappa shape index (κ1) is 14.7. The summed E-state index contributed by atoms with van der Waals surface area (Å²) in [5.74, 6) is 1.00. The van der Waals surface area contributed by atoms with Gasteiger partial charge >= 0.3 is 0 Å². The molecule has 0 saturated carbocycles. The quantitative estimate of drug-likeness (QED) is 0.844. The van der Waals surface area contributed by atoms with Crippen LogP contribution in [0.2, 0.25) is 0 Å². The van der Waals surface area contributed by atoms with E-state index in [1.807, 2.05) is 29.3 Å². The molecule has 4 heterocycles. The van der Waals surface area contributed by atoms with Crippen LogP contribution >= 0.6 is 0 Å². The number of amides is 1. The molecular weight excluding hydrogens is 292 g/mol. The molecule has 0 spiro atoms. The number of ether oxygens (including phenoxy) is 1. The van der Waals surface area contributed by atoms with Gasteiger partial charge in [-0.2, -0.15) is 0 Å². The van der Waals surface area contributed by atoms with Crippen molar-refractivity contribution in [2.24, 2.45) is 0 Å². The van der Waals surface area contributed by atoms with Crippen LogP contribution in [0.25, 0.3) is 5.52 Å². The number of likely N-dealkylation sites (tertiary alicyclic amines) is 1. The topological polar surface area (TPSA) is 50.1 Å². The lowest BCUT2D eigenvalue weighted by atomic mass is 10.2. The third-order valence-corrected chi connectivity index (χ3v) is 4.90. The van der Waals surface area contributed by atoms with Gasteiger partial charge in [0.15, 0.2) is 5.69 Å². The van der Waals surface area contributed by atoms with Crippen LogP contribution in [0.1, 0.15) is 35.2 Å². The Balaban J connectivity index is 1.76. The van der Waals surface area contributed by atoms with Gasteiger partial charge in [-0.15, -0.1) is 0 Å². The van der Waals surface area contributed by atoms with Gasteiger partial charge in [0.25, 0.3) is 5.91 Å². The van der Waals surface area contributed by atoms with E-state index < -0.39 is 0 Å². The van der Waals surface area contributed by atoms with Crippen molar-refractivity contribution in [3.63, 3.8) is 0 Å². The van der Waals surface area contributed by atoms with Crippen LogP contribution in [0.15, 0.2) is 24.4 Å². The van der Waals surface area contributed by atoms with E-state index in [1.165, 1.54) is 6.42 Å². The van der Waals surface area contributed by atoms with Gasteiger partial charge in [-0.3, -0.25) is 9.69 Å². The first-order chi connectivity index (χ1) is 11.3. The number of morpholine rings is 1. The first-order valence-electron chi connectivity index (χ1n) is 8.30. The Kier molecular flexibility index (Phi) is 3.79. The molecule has 122 valence electrons. The molecule has 0 unspecified atom stereocenters. The van der Waals surface area contributed by atoms with E-state index in [2.05, 4.69) is 16.3 Å². The summed E-state index contributed by atoms with van der Waals surface area (Å²) in [5, 5.41) is 0. The van der Waals surface area contributed by atoms with Gasteiger partial charge in [-0.25, -0.2) is 4.98 Å². The summed E-state index contributed by atoms with van der Waals surface area (Å²) < 4.78 is 7.43. The minimum Gasteiger partial charge on any atom is -0.378 e. The lowest BCUT2D eigenvalue weighted by Gasteiger charge is -2.26. The second-order valence-corrected chi connectivity index (χ2v) is 6.32. The molecule has 2 aromatic heterocycles. The molecule has 0 aromatic carbocycles. The van der Waals surface area contributed by atoms with E-state index in [9.17, 15) is 4.79 Å². The highest BCUT2D eigenvalue weighted by Gasteiger charge is 2.30.